The van der Waals surface area contributed by atoms with Gasteiger partial charge in [0.25, 0.3) is 0 Å². The first-order chi connectivity index (χ1) is 9.94. The summed E-state index contributed by atoms with van der Waals surface area (Å²) >= 11 is 1.51. The summed E-state index contributed by atoms with van der Waals surface area (Å²) in [6.45, 7) is 5.01. The summed E-state index contributed by atoms with van der Waals surface area (Å²) in [4.78, 5) is 2.25. The van der Waals surface area contributed by atoms with Gasteiger partial charge in [-0.25, -0.2) is 13.1 Å². The van der Waals surface area contributed by atoms with E-state index < -0.39 is 10.0 Å². The lowest BCUT2D eigenvalue weighted by molar-refractivity contribution is -0.0775. The normalized spacial score (nSPS) is 32.0. The van der Waals surface area contributed by atoms with Gasteiger partial charge in [0.1, 0.15) is 0 Å². The number of aryl methyl sites for hydroxylation is 2. The van der Waals surface area contributed by atoms with Crippen LogP contribution in [0, 0.1) is 25.7 Å². The Hall–Kier alpha value is -0.470. The molecular formula is C14H21NO4S2. The third-order valence-corrected chi connectivity index (χ3v) is 7.14. The van der Waals surface area contributed by atoms with Crippen molar-refractivity contribution in [2.75, 3.05) is 20.3 Å². The minimum Gasteiger partial charge on any atom is -0.384 e. The van der Waals surface area contributed by atoms with Gasteiger partial charge in [0.15, 0.2) is 0 Å². The van der Waals surface area contributed by atoms with Crippen molar-refractivity contribution < 1.29 is 17.9 Å². The van der Waals surface area contributed by atoms with Crippen LogP contribution < -0.4 is 4.72 Å². The zero-order valence-corrected chi connectivity index (χ0v) is 14.1. The molecule has 1 saturated carbocycles. The van der Waals surface area contributed by atoms with E-state index in [0.29, 0.717) is 18.1 Å². The number of methoxy groups -OCH3 is 1. The van der Waals surface area contributed by atoms with Crippen molar-refractivity contribution in [3.63, 3.8) is 0 Å². The van der Waals surface area contributed by atoms with Crippen LogP contribution in [-0.4, -0.2) is 40.9 Å². The molecule has 0 radical (unpaired) electrons. The zero-order valence-electron chi connectivity index (χ0n) is 12.5. The fourth-order valence-corrected chi connectivity index (χ4v) is 6.41. The average Bonchev–Trinajstić information content (AvgIpc) is 2.98. The lowest BCUT2D eigenvalue weighted by Gasteiger charge is -2.47. The van der Waals surface area contributed by atoms with Gasteiger partial charge >= 0.3 is 0 Å². The van der Waals surface area contributed by atoms with Gasteiger partial charge in [-0.3, -0.25) is 0 Å². The van der Waals surface area contributed by atoms with E-state index in [-0.39, 0.29) is 24.0 Å². The highest BCUT2D eigenvalue weighted by molar-refractivity contribution is 7.89. The molecule has 1 N–H and O–H groups in total. The fraction of sp³-hybridized carbons (Fsp3) is 0.714. The van der Waals surface area contributed by atoms with Crippen LogP contribution in [-0.2, 0) is 19.5 Å². The van der Waals surface area contributed by atoms with Crippen LogP contribution in [0.4, 0.5) is 0 Å². The Bertz CT molecular complexity index is 625. The van der Waals surface area contributed by atoms with E-state index in [1.807, 2.05) is 13.8 Å². The number of ether oxygens (including phenoxy) is 2. The molecule has 5 nitrogen and oxygen atoms in total. The third kappa shape index (κ3) is 2.66. The Morgan fingerprint density at radius 3 is 2.86 bits per heavy atom. The van der Waals surface area contributed by atoms with Crippen molar-refractivity contribution >= 4 is 21.4 Å². The standard InChI is InChI=1S/C14H21NO4S2/c1-8-6-12(9(2)20-8)21(16,17)15-13-10-4-5-19-14(10)11(13)7-18-3/h6,10-11,13-15H,4-5,7H2,1-3H3/t10-,11+,13+,14-/m0/s1. The lowest BCUT2D eigenvalue weighted by atomic mass is 9.68. The van der Waals surface area contributed by atoms with Crippen LogP contribution in [0.15, 0.2) is 11.0 Å². The molecule has 0 unspecified atom stereocenters. The number of hydrogen-bond donors (Lipinski definition) is 1. The van der Waals surface area contributed by atoms with Gasteiger partial charge in [-0.15, -0.1) is 11.3 Å². The maximum Gasteiger partial charge on any atom is 0.241 e. The Morgan fingerprint density at radius 2 is 2.24 bits per heavy atom. The topological polar surface area (TPSA) is 64.6 Å². The van der Waals surface area contributed by atoms with Crippen LogP contribution in [0.2, 0.25) is 0 Å². The molecule has 2 fully saturated rings. The van der Waals surface area contributed by atoms with E-state index in [9.17, 15) is 8.42 Å². The maximum atomic E-state index is 12.6. The number of hydrogen-bond acceptors (Lipinski definition) is 5. The van der Waals surface area contributed by atoms with Crippen molar-refractivity contribution in [2.45, 2.75) is 37.3 Å². The first kappa shape index (κ1) is 15.4. The minimum atomic E-state index is -3.47. The highest BCUT2D eigenvalue weighted by Gasteiger charge is 2.55. The molecule has 118 valence electrons. The van der Waals surface area contributed by atoms with Crippen LogP contribution in [0.1, 0.15) is 16.2 Å². The highest BCUT2D eigenvalue weighted by Crippen LogP contribution is 2.44. The molecule has 0 aromatic carbocycles. The number of thiophene rings is 1. The van der Waals surface area contributed by atoms with Crippen molar-refractivity contribution in [2.24, 2.45) is 11.8 Å². The quantitative estimate of drug-likeness (QED) is 0.892. The van der Waals surface area contributed by atoms with Gasteiger partial charge in [0.2, 0.25) is 10.0 Å². The molecule has 0 spiro atoms. The van der Waals surface area contributed by atoms with Crippen LogP contribution in [0.25, 0.3) is 0 Å². The van der Waals surface area contributed by atoms with E-state index in [1.165, 1.54) is 11.3 Å². The predicted molar refractivity (Wildman–Crippen MR) is 81.1 cm³/mol. The summed E-state index contributed by atoms with van der Waals surface area (Å²) < 4.78 is 39.0. The van der Waals surface area contributed by atoms with Crippen molar-refractivity contribution in [3.8, 4) is 0 Å². The SMILES string of the molecule is COC[C@@H]1[C@H](NS(=O)(=O)c2cc(C)sc2C)[C@@H]2CCO[C@H]12. The predicted octanol–water partition coefficient (Wildman–Crippen LogP) is 1.69. The molecule has 21 heavy (non-hydrogen) atoms. The number of rotatable bonds is 5. The average molecular weight is 331 g/mol. The Morgan fingerprint density at radius 1 is 1.48 bits per heavy atom. The summed E-state index contributed by atoms with van der Waals surface area (Å²) in [7, 11) is -1.83. The first-order valence-corrected chi connectivity index (χ1v) is 9.44. The third-order valence-electron chi connectivity index (χ3n) is 4.46. The fourth-order valence-electron chi connectivity index (χ4n) is 3.51. The van der Waals surface area contributed by atoms with Gasteiger partial charge in [0.05, 0.1) is 17.6 Å². The maximum absolute atomic E-state index is 12.6. The van der Waals surface area contributed by atoms with E-state index in [2.05, 4.69) is 4.72 Å². The molecule has 1 aliphatic carbocycles. The molecular weight excluding hydrogens is 310 g/mol. The summed E-state index contributed by atoms with van der Waals surface area (Å²) in [5.41, 5.74) is 0. The van der Waals surface area contributed by atoms with Crippen molar-refractivity contribution in [3.05, 3.63) is 15.8 Å². The number of fused-ring (bicyclic) bond motifs is 1. The zero-order chi connectivity index (χ0) is 15.2. The van der Waals surface area contributed by atoms with Crippen LogP contribution in [0.3, 0.4) is 0 Å². The molecule has 2 aliphatic rings. The van der Waals surface area contributed by atoms with E-state index in [1.54, 1.807) is 13.2 Å². The summed E-state index contributed by atoms with van der Waals surface area (Å²) in [6.07, 6.45) is 1.06. The number of nitrogens with one attached hydrogen (secondary N) is 1. The molecule has 1 aliphatic heterocycles. The Labute approximate surface area is 129 Å². The van der Waals surface area contributed by atoms with Gasteiger partial charge < -0.3 is 9.47 Å². The van der Waals surface area contributed by atoms with Gasteiger partial charge in [-0.2, -0.15) is 0 Å². The summed E-state index contributed by atoms with van der Waals surface area (Å²) in [5.74, 6) is 0.386. The van der Waals surface area contributed by atoms with Gasteiger partial charge in [-0.1, -0.05) is 0 Å². The van der Waals surface area contributed by atoms with Crippen LogP contribution >= 0.6 is 11.3 Å². The minimum absolute atomic E-state index is 0.0814. The number of sulfonamides is 1. The molecule has 7 heteroatoms. The van der Waals surface area contributed by atoms with E-state index in [0.717, 1.165) is 16.2 Å². The monoisotopic (exact) mass is 331 g/mol. The molecule has 4 atom stereocenters. The Kier molecular flexibility index (Phi) is 4.13. The second kappa shape index (κ2) is 5.62. The second-order valence-corrected chi connectivity index (χ2v) is 8.97. The first-order valence-electron chi connectivity index (χ1n) is 7.14. The van der Waals surface area contributed by atoms with Gasteiger partial charge in [0, 0.05) is 41.3 Å². The van der Waals surface area contributed by atoms with E-state index in [4.69, 9.17) is 9.47 Å². The lowest BCUT2D eigenvalue weighted by Crippen LogP contribution is -2.62. The molecule has 0 bridgehead atoms. The molecule has 1 aromatic heterocycles. The molecule has 1 aromatic rings. The smallest absolute Gasteiger partial charge is 0.241 e. The summed E-state index contributed by atoms with van der Waals surface area (Å²) in [5, 5.41) is 0. The Balaban J connectivity index is 1.80. The van der Waals surface area contributed by atoms with Crippen LogP contribution in [0.5, 0.6) is 0 Å². The molecule has 1 saturated heterocycles. The summed E-state index contributed by atoms with van der Waals surface area (Å²) in [6, 6.07) is 1.66. The highest BCUT2D eigenvalue weighted by atomic mass is 32.2. The van der Waals surface area contributed by atoms with Crippen molar-refractivity contribution in [1.82, 2.24) is 4.72 Å². The van der Waals surface area contributed by atoms with Crippen molar-refractivity contribution in [1.29, 1.82) is 0 Å². The van der Waals surface area contributed by atoms with Gasteiger partial charge in [-0.05, 0) is 26.3 Å². The molecule has 2 heterocycles. The second-order valence-electron chi connectivity index (χ2n) is 5.83. The largest absolute Gasteiger partial charge is 0.384 e. The molecule has 0 amide bonds. The molecule has 3 rings (SSSR count). The van der Waals surface area contributed by atoms with E-state index >= 15 is 0 Å².